The lowest BCUT2D eigenvalue weighted by molar-refractivity contribution is -0.384. The molecule has 0 radical (unpaired) electrons. The van der Waals surface area contributed by atoms with Crippen LogP contribution < -0.4 is 5.56 Å². The number of hydrogen-bond acceptors (Lipinski definition) is 4. The van der Waals surface area contributed by atoms with E-state index in [9.17, 15) is 14.9 Å². The number of rotatable bonds is 1. The molecule has 2 aromatic rings. The van der Waals surface area contributed by atoms with Crippen molar-refractivity contribution in [2.75, 3.05) is 0 Å². The van der Waals surface area contributed by atoms with Crippen LogP contribution >= 0.6 is 34.8 Å². The van der Waals surface area contributed by atoms with Crippen LogP contribution in [0.2, 0.25) is 0 Å². The molecule has 6 nitrogen and oxygen atoms in total. The summed E-state index contributed by atoms with van der Waals surface area (Å²) in [6, 6.07) is 3.64. The maximum atomic E-state index is 11.7. The molecular weight excluding hydrogens is 304 g/mol. The summed E-state index contributed by atoms with van der Waals surface area (Å²) in [6.07, 6.45) is 0. The number of non-ortho nitro benzene ring substituents is 1. The molecule has 0 unspecified atom stereocenters. The molecule has 94 valence electrons. The third-order valence-corrected chi connectivity index (χ3v) is 2.71. The van der Waals surface area contributed by atoms with Crippen molar-refractivity contribution in [2.24, 2.45) is 0 Å². The molecule has 1 aromatic heterocycles. The molecule has 1 heterocycles. The molecule has 9 heteroatoms. The lowest BCUT2D eigenvalue weighted by atomic mass is 10.2. The Labute approximate surface area is 115 Å². The summed E-state index contributed by atoms with van der Waals surface area (Å²) >= 11 is 16.8. The Bertz CT molecular complexity index is 693. The number of aromatic amines is 1. The number of nitrogens with zero attached hydrogens (tertiary/aromatic N) is 2. The zero-order valence-corrected chi connectivity index (χ0v) is 10.8. The molecule has 0 aliphatic carbocycles. The van der Waals surface area contributed by atoms with Crippen molar-refractivity contribution in [3.63, 3.8) is 0 Å². The predicted molar refractivity (Wildman–Crippen MR) is 68.3 cm³/mol. The molecule has 2 rings (SSSR count). The predicted octanol–water partition coefficient (Wildman–Crippen LogP) is 2.66. The van der Waals surface area contributed by atoms with E-state index in [1.165, 1.54) is 12.1 Å². The number of nitro groups is 1. The first-order valence-corrected chi connectivity index (χ1v) is 5.68. The molecule has 0 aliphatic heterocycles. The summed E-state index contributed by atoms with van der Waals surface area (Å²) in [5.74, 6) is -0.189. The Balaban J connectivity index is 2.77. The Hall–Kier alpha value is -1.37. The highest BCUT2D eigenvalue weighted by atomic mass is 35.6. The van der Waals surface area contributed by atoms with Gasteiger partial charge in [-0.25, -0.2) is 4.98 Å². The van der Waals surface area contributed by atoms with Crippen molar-refractivity contribution in [1.29, 1.82) is 0 Å². The molecule has 0 fully saturated rings. The zero-order chi connectivity index (χ0) is 13.5. The van der Waals surface area contributed by atoms with Crippen molar-refractivity contribution in [3.05, 3.63) is 44.5 Å². The molecule has 0 spiro atoms. The van der Waals surface area contributed by atoms with Gasteiger partial charge in [-0.05, 0) is 6.07 Å². The van der Waals surface area contributed by atoms with E-state index in [1.54, 1.807) is 0 Å². The fourth-order valence-corrected chi connectivity index (χ4v) is 1.64. The molecule has 0 amide bonds. The van der Waals surface area contributed by atoms with E-state index in [0.717, 1.165) is 6.07 Å². The van der Waals surface area contributed by atoms with Gasteiger partial charge in [-0.2, -0.15) is 0 Å². The van der Waals surface area contributed by atoms with Gasteiger partial charge in [-0.15, -0.1) is 0 Å². The van der Waals surface area contributed by atoms with Crippen LogP contribution in [0.25, 0.3) is 10.9 Å². The van der Waals surface area contributed by atoms with Gasteiger partial charge in [-0.3, -0.25) is 14.9 Å². The lowest BCUT2D eigenvalue weighted by Gasteiger charge is -2.09. The van der Waals surface area contributed by atoms with Gasteiger partial charge in [0.25, 0.3) is 11.2 Å². The standard InChI is InChI=1S/C9H4Cl3N3O3/c10-9(11,12)8-13-6-3-4(15(17)18)1-2-5(6)7(16)14-8/h1-3H,(H,13,14,16). The Morgan fingerprint density at radius 1 is 1.33 bits per heavy atom. The summed E-state index contributed by atoms with van der Waals surface area (Å²) in [5.41, 5.74) is -0.638. The average Bonchev–Trinajstić information content (AvgIpc) is 2.26. The van der Waals surface area contributed by atoms with Crippen LogP contribution in [0.15, 0.2) is 23.0 Å². The summed E-state index contributed by atoms with van der Waals surface area (Å²) in [6.45, 7) is 0. The first kappa shape index (κ1) is 13.1. The van der Waals surface area contributed by atoms with Crippen LogP contribution in [0.5, 0.6) is 0 Å². The fourth-order valence-electron chi connectivity index (χ4n) is 1.38. The van der Waals surface area contributed by atoms with E-state index >= 15 is 0 Å². The van der Waals surface area contributed by atoms with Gasteiger partial charge in [0.1, 0.15) is 0 Å². The van der Waals surface area contributed by atoms with Crippen LogP contribution in [0.1, 0.15) is 5.82 Å². The summed E-state index contributed by atoms with van der Waals surface area (Å²) in [5, 5.41) is 10.8. The van der Waals surface area contributed by atoms with Gasteiger partial charge in [0.2, 0.25) is 3.79 Å². The highest BCUT2D eigenvalue weighted by molar-refractivity contribution is 6.66. The quantitative estimate of drug-likeness (QED) is 0.498. The molecule has 1 N–H and O–H groups in total. The maximum Gasteiger partial charge on any atom is 0.271 e. The van der Waals surface area contributed by atoms with Crippen LogP contribution in [0.3, 0.4) is 0 Å². The third-order valence-electron chi connectivity index (χ3n) is 2.17. The lowest BCUT2D eigenvalue weighted by Crippen LogP contribution is -2.17. The topological polar surface area (TPSA) is 88.9 Å². The molecule has 18 heavy (non-hydrogen) atoms. The smallest absolute Gasteiger partial charge is 0.271 e. The van der Waals surface area contributed by atoms with Crippen LogP contribution in [-0.4, -0.2) is 14.9 Å². The van der Waals surface area contributed by atoms with E-state index < -0.39 is 14.3 Å². The van der Waals surface area contributed by atoms with Gasteiger partial charge in [0.15, 0.2) is 5.82 Å². The van der Waals surface area contributed by atoms with Crippen LogP contribution in [0.4, 0.5) is 5.69 Å². The second-order valence-corrected chi connectivity index (χ2v) is 5.65. The largest absolute Gasteiger partial charge is 0.306 e. The number of hydrogen-bond donors (Lipinski definition) is 1. The molecule has 0 aliphatic rings. The minimum absolute atomic E-state index is 0.0919. The second-order valence-electron chi connectivity index (χ2n) is 3.37. The third kappa shape index (κ3) is 2.40. The van der Waals surface area contributed by atoms with Gasteiger partial charge in [0.05, 0.1) is 15.8 Å². The Morgan fingerprint density at radius 2 is 2.00 bits per heavy atom. The molecule has 1 aromatic carbocycles. The van der Waals surface area contributed by atoms with Gasteiger partial charge in [-0.1, -0.05) is 34.8 Å². The number of H-pyrrole nitrogens is 1. The van der Waals surface area contributed by atoms with E-state index in [-0.39, 0.29) is 22.4 Å². The molecule has 0 bridgehead atoms. The molecule has 0 atom stereocenters. The van der Waals surface area contributed by atoms with Gasteiger partial charge in [0, 0.05) is 12.1 Å². The minimum atomic E-state index is -1.90. The van der Waals surface area contributed by atoms with Crippen LogP contribution in [0, 0.1) is 10.1 Å². The van der Waals surface area contributed by atoms with E-state index in [2.05, 4.69) is 9.97 Å². The summed E-state index contributed by atoms with van der Waals surface area (Å²) in [7, 11) is 0. The number of fused-ring (bicyclic) bond motifs is 1. The summed E-state index contributed by atoms with van der Waals surface area (Å²) in [4.78, 5) is 27.9. The first-order chi connectivity index (χ1) is 8.29. The van der Waals surface area contributed by atoms with E-state index in [1.807, 2.05) is 0 Å². The van der Waals surface area contributed by atoms with Crippen molar-refractivity contribution in [1.82, 2.24) is 9.97 Å². The minimum Gasteiger partial charge on any atom is -0.306 e. The summed E-state index contributed by atoms with van der Waals surface area (Å²) < 4.78 is -1.90. The van der Waals surface area contributed by atoms with Crippen molar-refractivity contribution < 1.29 is 4.92 Å². The number of benzene rings is 1. The van der Waals surface area contributed by atoms with Crippen LogP contribution in [-0.2, 0) is 3.79 Å². The number of aromatic nitrogens is 2. The number of nitro benzene ring substituents is 1. The first-order valence-electron chi connectivity index (χ1n) is 4.55. The highest BCUT2D eigenvalue weighted by Crippen LogP contribution is 2.35. The normalized spacial score (nSPS) is 11.7. The highest BCUT2D eigenvalue weighted by Gasteiger charge is 2.27. The van der Waals surface area contributed by atoms with Gasteiger partial charge < -0.3 is 4.98 Å². The number of nitrogens with one attached hydrogen (secondary N) is 1. The monoisotopic (exact) mass is 307 g/mol. The molecule has 0 saturated carbocycles. The molecular formula is C9H4Cl3N3O3. The maximum absolute atomic E-state index is 11.7. The van der Waals surface area contributed by atoms with Gasteiger partial charge >= 0.3 is 0 Å². The van der Waals surface area contributed by atoms with E-state index in [0.29, 0.717) is 0 Å². The Kier molecular flexibility index (Phi) is 3.18. The fraction of sp³-hybridized carbons (Fsp3) is 0.111. The number of alkyl halides is 3. The molecule has 0 saturated heterocycles. The SMILES string of the molecule is O=c1[nH]c(C(Cl)(Cl)Cl)nc2cc([N+](=O)[O-])ccc12. The second kappa shape index (κ2) is 4.38. The van der Waals surface area contributed by atoms with E-state index in [4.69, 9.17) is 34.8 Å². The van der Waals surface area contributed by atoms with Crippen molar-refractivity contribution in [2.45, 2.75) is 3.79 Å². The van der Waals surface area contributed by atoms with Crippen molar-refractivity contribution in [3.8, 4) is 0 Å². The average molecular weight is 309 g/mol. The number of halogens is 3. The Morgan fingerprint density at radius 3 is 2.56 bits per heavy atom. The van der Waals surface area contributed by atoms with Crippen molar-refractivity contribution >= 4 is 51.4 Å². The zero-order valence-electron chi connectivity index (χ0n) is 8.49.